The van der Waals surface area contributed by atoms with Gasteiger partial charge in [-0.2, -0.15) is 0 Å². The summed E-state index contributed by atoms with van der Waals surface area (Å²) in [4.78, 5) is 4.42. The average molecular weight is 266 g/mol. The molecule has 0 spiro atoms. The second-order valence-electron chi connectivity index (χ2n) is 5.14. The Morgan fingerprint density at radius 1 is 1.05 bits per heavy atom. The molecule has 1 aliphatic heterocycles. The quantitative estimate of drug-likeness (QED) is 0.807. The maximum Gasteiger partial charge on any atom is 0.146 e. The van der Waals surface area contributed by atoms with E-state index in [1.165, 1.54) is 12.0 Å². The van der Waals surface area contributed by atoms with E-state index in [4.69, 9.17) is 0 Å². The lowest BCUT2D eigenvalue weighted by Gasteiger charge is -2.34. The van der Waals surface area contributed by atoms with Gasteiger partial charge in [0.15, 0.2) is 0 Å². The SMILES string of the molecule is CCC.CCc1ccc(F)c(N2CCN(C)CC2)c1. The molecule has 1 aromatic carbocycles. The Morgan fingerprint density at radius 3 is 2.16 bits per heavy atom. The molecule has 0 N–H and O–H groups in total. The molecule has 1 aliphatic rings. The average Bonchev–Trinajstić information content (AvgIpc) is 2.41. The molecule has 3 heteroatoms. The zero-order valence-electron chi connectivity index (χ0n) is 12.7. The van der Waals surface area contributed by atoms with Crippen LogP contribution in [0.5, 0.6) is 0 Å². The molecule has 2 nitrogen and oxygen atoms in total. The van der Waals surface area contributed by atoms with Crippen LogP contribution in [-0.4, -0.2) is 38.1 Å². The lowest BCUT2D eigenvalue weighted by molar-refractivity contribution is 0.311. The summed E-state index contributed by atoms with van der Waals surface area (Å²) in [6.45, 7) is 10.2. The first-order valence-corrected chi connectivity index (χ1v) is 7.34. The summed E-state index contributed by atoms with van der Waals surface area (Å²) in [5, 5.41) is 0. The number of halogens is 1. The number of likely N-dealkylation sites (N-methyl/N-ethyl adjacent to an activating group) is 1. The van der Waals surface area contributed by atoms with E-state index in [-0.39, 0.29) is 5.82 Å². The van der Waals surface area contributed by atoms with Gasteiger partial charge in [0.25, 0.3) is 0 Å². The second-order valence-corrected chi connectivity index (χ2v) is 5.14. The van der Waals surface area contributed by atoms with Gasteiger partial charge < -0.3 is 9.80 Å². The van der Waals surface area contributed by atoms with Crippen LogP contribution in [0.3, 0.4) is 0 Å². The molecule has 0 aliphatic carbocycles. The van der Waals surface area contributed by atoms with Crippen LogP contribution in [0.25, 0.3) is 0 Å². The van der Waals surface area contributed by atoms with Gasteiger partial charge in [0.1, 0.15) is 5.82 Å². The summed E-state index contributed by atoms with van der Waals surface area (Å²) in [5.74, 6) is -0.0956. The van der Waals surface area contributed by atoms with Crippen LogP contribution in [0.1, 0.15) is 32.8 Å². The zero-order valence-corrected chi connectivity index (χ0v) is 12.7. The molecule has 0 aromatic heterocycles. The number of hydrogen-bond acceptors (Lipinski definition) is 2. The molecule has 2 rings (SSSR count). The molecule has 1 heterocycles. The topological polar surface area (TPSA) is 6.48 Å². The van der Waals surface area contributed by atoms with Gasteiger partial charge in [-0.15, -0.1) is 0 Å². The van der Waals surface area contributed by atoms with Gasteiger partial charge in [-0.1, -0.05) is 33.3 Å². The normalized spacial score (nSPS) is 15.9. The maximum absolute atomic E-state index is 13.7. The highest BCUT2D eigenvalue weighted by Crippen LogP contribution is 2.22. The molecule has 1 aromatic rings. The molecule has 0 radical (unpaired) electrons. The lowest BCUT2D eigenvalue weighted by Crippen LogP contribution is -2.44. The van der Waals surface area contributed by atoms with Crippen LogP contribution < -0.4 is 4.90 Å². The van der Waals surface area contributed by atoms with Crippen molar-refractivity contribution in [2.24, 2.45) is 0 Å². The molecule has 0 atom stereocenters. The van der Waals surface area contributed by atoms with Gasteiger partial charge in [0, 0.05) is 26.2 Å². The number of anilines is 1. The van der Waals surface area contributed by atoms with Gasteiger partial charge in [-0.05, 0) is 31.2 Å². The predicted octanol–water partition coefficient (Wildman–Crippen LogP) is 3.56. The van der Waals surface area contributed by atoms with Crippen LogP contribution in [0.4, 0.5) is 10.1 Å². The Labute approximate surface area is 117 Å². The zero-order chi connectivity index (χ0) is 14.3. The first-order valence-electron chi connectivity index (χ1n) is 7.34. The van der Waals surface area contributed by atoms with Crippen molar-refractivity contribution in [1.29, 1.82) is 0 Å². The summed E-state index contributed by atoms with van der Waals surface area (Å²) in [7, 11) is 2.11. The third kappa shape index (κ3) is 4.83. The van der Waals surface area contributed by atoms with E-state index in [9.17, 15) is 4.39 Å². The number of rotatable bonds is 2. The Balaban J connectivity index is 0.000000550. The van der Waals surface area contributed by atoms with Crippen molar-refractivity contribution in [3.05, 3.63) is 29.6 Å². The lowest BCUT2D eigenvalue weighted by atomic mass is 10.1. The van der Waals surface area contributed by atoms with E-state index in [1.54, 1.807) is 6.07 Å². The number of nitrogens with zero attached hydrogens (tertiary/aromatic N) is 2. The van der Waals surface area contributed by atoms with Gasteiger partial charge in [0.05, 0.1) is 5.69 Å². The van der Waals surface area contributed by atoms with E-state index in [1.807, 2.05) is 12.1 Å². The third-order valence-corrected chi connectivity index (χ3v) is 3.26. The third-order valence-electron chi connectivity index (χ3n) is 3.26. The van der Waals surface area contributed by atoms with E-state index < -0.39 is 0 Å². The fourth-order valence-electron chi connectivity index (χ4n) is 2.07. The van der Waals surface area contributed by atoms with E-state index in [0.717, 1.165) is 38.3 Å². The van der Waals surface area contributed by atoms with Crippen molar-refractivity contribution in [2.75, 3.05) is 38.1 Å². The fraction of sp³-hybridized carbons (Fsp3) is 0.625. The Kier molecular flexibility index (Phi) is 6.85. The summed E-state index contributed by atoms with van der Waals surface area (Å²) in [6, 6.07) is 5.45. The molecule has 1 fully saturated rings. The van der Waals surface area contributed by atoms with Crippen LogP contribution in [0.2, 0.25) is 0 Å². The number of benzene rings is 1. The molecule has 108 valence electrons. The molecular formula is C16H27FN2. The van der Waals surface area contributed by atoms with Gasteiger partial charge in [-0.25, -0.2) is 4.39 Å². The van der Waals surface area contributed by atoms with Crippen molar-refractivity contribution in [1.82, 2.24) is 4.90 Å². The standard InChI is InChI=1S/C13H19FN2.C3H8/c1-3-11-4-5-12(14)13(10-11)16-8-6-15(2)7-9-16;1-3-2/h4-5,10H,3,6-9H2,1-2H3;3H2,1-2H3. The summed E-state index contributed by atoms with van der Waals surface area (Å²) < 4.78 is 13.7. The molecule has 0 amide bonds. The minimum atomic E-state index is -0.0956. The maximum atomic E-state index is 13.7. The van der Waals surface area contributed by atoms with E-state index >= 15 is 0 Å². The van der Waals surface area contributed by atoms with Crippen LogP contribution >= 0.6 is 0 Å². The van der Waals surface area contributed by atoms with Gasteiger partial charge >= 0.3 is 0 Å². The van der Waals surface area contributed by atoms with E-state index in [0.29, 0.717) is 0 Å². The Hall–Kier alpha value is -1.09. The highest BCUT2D eigenvalue weighted by molar-refractivity contribution is 5.50. The van der Waals surface area contributed by atoms with Gasteiger partial charge in [0.2, 0.25) is 0 Å². The molecule has 19 heavy (non-hydrogen) atoms. The smallest absolute Gasteiger partial charge is 0.146 e. The monoisotopic (exact) mass is 266 g/mol. The largest absolute Gasteiger partial charge is 0.367 e. The highest BCUT2D eigenvalue weighted by atomic mass is 19.1. The molecule has 1 saturated heterocycles. The summed E-state index contributed by atoms with van der Waals surface area (Å²) in [6.07, 6.45) is 2.21. The highest BCUT2D eigenvalue weighted by Gasteiger charge is 2.17. The number of aryl methyl sites for hydroxylation is 1. The minimum absolute atomic E-state index is 0.0956. The molecule has 0 bridgehead atoms. The Bertz CT molecular complexity index is 371. The second kappa shape index (κ2) is 8.16. The van der Waals surface area contributed by atoms with Crippen molar-refractivity contribution in [3.8, 4) is 0 Å². The van der Waals surface area contributed by atoms with Crippen LogP contribution in [-0.2, 0) is 6.42 Å². The van der Waals surface area contributed by atoms with E-state index in [2.05, 4.69) is 37.6 Å². The predicted molar refractivity (Wildman–Crippen MR) is 81.5 cm³/mol. The number of piperazine rings is 1. The first kappa shape index (κ1) is 16.0. The van der Waals surface area contributed by atoms with Crippen LogP contribution in [0, 0.1) is 5.82 Å². The number of hydrogen-bond donors (Lipinski definition) is 0. The molecular weight excluding hydrogens is 239 g/mol. The van der Waals surface area contributed by atoms with Crippen molar-refractivity contribution >= 4 is 5.69 Å². The Morgan fingerprint density at radius 2 is 1.63 bits per heavy atom. The molecule has 0 unspecified atom stereocenters. The van der Waals surface area contributed by atoms with Crippen molar-refractivity contribution in [2.45, 2.75) is 33.6 Å². The molecule has 0 saturated carbocycles. The summed E-state index contributed by atoms with van der Waals surface area (Å²) >= 11 is 0. The summed E-state index contributed by atoms with van der Waals surface area (Å²) in [5.41, 5.74) is 1.97. The minimum Gasteiger partial charge on any atom is -0.367 e. The fourth-order valence-corrected chi connectivity index (χ4v) is 2.07. The van der Waals surface area contributed by atoms with Gasteiger partial charge in [-0.3, -0.25) is 0 Å². The first-order chi connectivity index (χ1) is 9.12. The van der Waals surface area contributed by atoms with Crippen molar-refractivity contribution < 1.29 is 4.39 Å². The van der Waals surface area contributed by atoms with Crippen molar-refractivity contribution in [3.63, 3.8) is 0 Å². The van der Waals surface area contributed by atoms with Crippen LogP contribution in [0.15, 0.2) is 18.2 Å².